The lowest BCUT2D eigenvalue weighted by Gasteiger charge is -2.06. The third-order valence-corrected chi connectivity index (χ3v) is 2.45. The molecule has 0 heterocycles. The summed E-state index contributed by atoms with van der Waals surface area (Å²) in [5.41, 5.74) is 0.608. The summed E-state index contributed by atoms with van der Waals surface area (Å²) in [5, 5.41) is 0.577. The van der Waals surface area contributed by atoms with Gasteiger partial charge in [0.1, 0.15) is 6.61 Å². The largest absolute Gasteiger partial charge is 0.373 e. The van der Waals surface area contributed by atoms with Crippen molar-refractivity contribution >= 4 is 17.4 Å². The van der Waals surface area contributed by atoms with E-state index in [-0.39, 0.29) is 12.4 Å². The molecule has 0 spiro atoms. The van der Waals surface area contributed by atoms with Gasteiger partial charge in [0.2, 0.25) is 0 Å². The zero-order chi connectivity index (χ0) is 12.0. The molecule has 0 fully saturated rings. The van der Waals surface area contributed by atoms with Gasteiger partial charge in [-0.15, -0.1) is 0 Å². The first-order valence-corrected chi connectivity index (χ1v) is 5.84. The summed E-state index contributed by atoms with van der Waals surface area (Å²) in [4.78, 5) is 11.7. The van der Waals surface area contributed by atoms with E-state index >= 15 is 0 Å². The second-order valence-corrected chi connectivity index (χ2v) is 4.61. The second-order valence-electron chi connectivity index (χ2n) is 4.17. The molecule has 0 unspecified atom stereocenters. The maximum absolute atomic E-state index is 11.7. The molecule has 2 nitrogen and oxygen atoms in total. The number of carbonyl (C=O) groups excluding carboxylic acids is 1. The van der Waals surface area contributed by atoms with Gasteiger partial charge < -0.3 is 4.74 Å². The number of hydrogen-bond donors (Lipinski definition) is 0. The van der Waals surface area contributed by atoms with Crippen molar-refractivity contribution in [3.05, 3.63) is 34.9 Å². The fourth-order valence-corrected chi connectivity index (χ4v) is 1.42. The molecule has 0 aromatic heterocycles. The van der Waals surface area contributed by atoms with Crippen molar-refractivity contribution in [1.29, 1.82) is 0 Å². The minimum atomic E-state index is -0.0220. The van der Waals surface area contributed by atoms with Crippen LogP contribution in [0.5, 0.6) is 0 Å². The Morgan fingerprint density at radius 2 is 2.19 bits per heavy atom. The molecular formula is C13H17ClO2. The van der Waals surface area contributed by atoms with E-state index in [4.69, 9.17) is 16.3 Å². The first-order chi connectivity index (χ1) is 7.59. The molecule has 0 atom stereocenters. The van der Waals surface area contributed by atoms with Gasteiger partial charge in [-0.1, -0.05) is 37.6 Å². The SMILES string of the molecule is CC(C)CCOCC(=O)c1cccc(Cl)c1. The Kier molecular flexibility index (Phi) is 5.50. The molecule has 1 aromatic rings. The number of Topliss-reactive ketones (excluding diaryl/α,β-unsaturated/α-hetero) is 1. The highest BCUT2D eigenvalue weighted by Gasteiger charge is 2.06. The van der Waals surface area contributed by atoms with Gasteiger partial charge in [0.25, 0.3) is 0 Å². The van der Waals surface area contributed by atoms with Gasteiger partial charge in [0.15, 0.2) is 5.78 Å². The maximum atomic E-state index is 11.7. The minimum absolute atomic E-state index is 0.0220. The van der Waals surface area contributed by atoms with Gasteiger partial charge in [-0.3, -0.25) is 4.79 Å². The average Bonchev–Trinajstić information content (AvgIpc) is 2.24. The predicted molar refractivity (Wildman–Crippen MR) is 66.1 cm³/mol. The maximum Gasteiger partial charge on any atom is 0.188 e. The Balaban J connectivity index is 2.35. The van der Waals surface area contributed by atoms with E-state index in [1.54, 1.807) is 24.3 Å². The van der Waals surface area contributed by atoms with Crippen LogP contribution in [-0.4, -0.2) is 19.0 Å². The molecular weight excluding hydrogens is 224 g/mol. The number of carbonyl (C=O) groups is 1. The van der Waals surface area contributed by atoms with Crippen LogP contribution in [0.15, 0.2) is 24.3 Å². The van der Waals surface area contributed by atoms with E-state index < -0.39 is 0 Å². The molecule has 0 bridgehead atoms. The summed E-state index contributed by atoms with van der Waals surface area (Å²) >= 11 is 5.80. The summed E-state index contributed by atoms with van der Waals surface area (Å²) in [7, 11) is 0. The van der Waals surface area contributed by atoms with E-state index in [0.29, 0.717) is 23.1 Å². The van der Waals surface area contributed by atoms with Crippen LogP contribution in [0.3, 0.4) is 0 Å². The van der Waals surface area contributed by atoms with Crippen molar-refractivity contribution in [2.24, 2.45) is 5.92 Å². The van der Waals surface area contributed by atoms with Gasteiger partial charge in [0.05, 0.1) is 0 Å². The van der Waals surface area contributed by atoms with Crippen LogP contribution in [-0.2, 0) is 4.74 Å². The second kappa shape index (κ2) is 6.66. The number of halogens is 1. The van der Waals surface area contributed by atoms with Crippen LogP contribution in [0.4, 0.5) is 0 Å². The summed E-state index contributed by atoms with van der Waals surface area (Å²) in [6.45, 7) is 5.02. The highest BCUT2D eigenvalue weighted by Crippen LogP contribution is 2.11. The van der Waals surface area contributed by atoms with Crippen LogP contribution in [0, 0.1) is 5.92 Å². The highest BCUT2D eigenvalue weighted by molar-refractivity contribution is 6.31. The monoisotopic (exact) mass is 240 g/mol. The van der Waals surface area contributed by atoms with Crippen molar-refractivity contribution < 1.29 is 9.53 Å². The van der Waals surface area contributed by atoms with Crippen molar-refractivity contribution in [3.63, 3.8) is 0 Å². The summed E-state index contributed by atoms with van der Waals surface area (Å²) in [6.07, 6.45) is 0.975. The molecule has 0 aliphatic carbocycles. The first kappa shape index (κ1) is 13.2. The molecule has 1 rings (SSSR count). The average molecular weight is 241 g/mol. The minimum Gasteiger partial charge on any atom is -0.373 e. The lowest BCUT2D eigenvalue weighted by molar-refractivity contribution is 0.0739. The molecule has 1 aromatic carbocycles. The van der Waals surface area contributed by atoms with Crippen molar-refractivity contribution in [3.8, 4) is 0 Å². The van der Waals surface area contributed by atoms with Gasteiger partial charge in [-0.2, -0.15) is 0 Å². The molecule has 0 saturated heterocycles. The Labute approximate surface area is 102 Å². The Hall–Kier alpha value is -0.860. The quantitative estimate of drug-likeness (QED) is 0.561. The summed E-state index contributed by atoms with van der Waals surface area (Å²) in [6, 6.07) is 6.93. The number of hydrogen-bond acceptors (Lipinski definition) is 2. The summed E-state index contributed by atoms with van der Waals surface area (Å²) in [5.74, 6) is 0.576. The van der Waals surface area contributed by atoms with Crippen molar-refractivity contribution in [2.75, 3.05) is 13.2 Å². The highest BCUT2D eigenvalue weighted by atomic mass is 35.5. The molecule has 88 valence electrons. The fourth-order valence-electron chi connectivity index (χ4n) is 1.23. The van der Waals surface area contributed by atoms with E-state index in [1.807, 2.05) is 0 Å². The van der Waals surface area contributed by atoms with E-state index in [0.717, 1.165) is 6.42 Å². The van der Waals surface area contributed by atoms with Gasteiger partial charge >= 0.3 is 0 Å². The fraction of sp³-hybridized carbons (Fsp3) is 0.462. The molecule has 16 heavy (non-hydrogen) atoms. The zero-order valence-corrected chi connectivity index (χ0v) is 10.5. The topological polar surface area (TPSA) is 26.3 Å². The van der Waals surface area contributed by atoms with Crippen LogP contribution in [0.25, 0.3) is 0 Å². The lowest BCUT2D eigenvalue weighted by Crippen LogP contribution is -2.10. The molecule has 0 N–H and O–H groups in total. The van der Waals surface area contributed by atoms with E-state index in [9.17, 15) is 4.79 Å². The number of ketones is 1. The van der Waals surface area contributed by atoms with Crippen LogP contribution in [0.1, 0.15) is 30.6 Å². The molecule has 3 heteroatoms. The van der Waals surface area contributed by atoms with Gasteiger partial charge in [-0.05, 0) is 24.5 Å². The number of ether oxygens (including phenoxy) is 1. The van der Waals surface area contributed by atoms with Gasteiger partial charge in [-0.25, -0.2) is 0 Å². The number of benzene rings is 1. The van der Waals surface area contributed by atoms with Crippen LogP contribution < -0.4 is 0 Å². The molecule has 0 radical (unpaired) electrons. The van der Waals surface area contributed by atoms with Crippen molar-refractivity contribution in [1.82, 2.24) is 0 Å². The van der Waals surface area contributed by atoms with Crippen LogP contribution in [0.2, 0.25) is 5.02 Å². The normalized spacial score (nSPS) is 10.8. The summed E-state index contributed by atoms with van der Waals surface area (Å²) < 4.78 is 5.31. The molecule has 0 aliphatic heterocycles. The standard InChI is InChI=1S/C13H17ClO2/c1-10(2)6-7-16-9-13(15)11-4-3-5-12(14)8-11/h3-5,8,10H,6-7,9H2,1-2H3. The predicted octanol–water partition coefficient (Wildman–Crippen LogP) is 3.59. The Morgan fingerprint density at radius 3 is 2.81 bits per heavy atom. The molecule has 0 aliphatic rings. The van der Waals surface area contributed by atoms with E-state index in [2.05, 4.69) is 13.8 Å². The lowest BCUT2D eigenvalue weighted by atomic mass is 10.1. The smallest absolute Gasteiger partial charge is 0.188 e. The number of rotatable bonds is 6. The third kappa shape index (κ3) is 4.77. The van der Waals surface area contributed by atoms with E-state index in [1.165, 1.54) is 0 Å². The third-order valence-electron chi connectivity index (χ3n) is 2.22. The van der Waals surface area contributed by atoms with Crippen molar-refractivity contribution in [2.45, 2.75) is 20.3 Å². The van der Waals surface area contributed by atoms with Gasteiger partial charge in [0, 0.05) is 17.2 Å². The molecule has 0 amide bonds. The first-order valence-electron chi connectivity index (χ1n) is 5.46. The molecule has 0 saturated carbocycles. The Bertz CT molecular complexity index is 348. The Morgan fingerprint density at radius 1 is 1.44 bits per heavy atom. The zero-order valence-electron chi connectivity index (χ0n) is 9.70. The van der Waals surface area contributed by atoms with Crippen LogP contribution >= 0.6 is 11.6 Å².